The molecule has 8 nitrogen and oxygen atoms in total. The first-order valence-electron chi connectivity index (χ1n) is 9.87. The number of halogens is 1. The van der Waals surface area contributed by atoms with E-state index in [1.807, 2.05) is 12.1 Å². The number of aromatic nitrogens is 2. The van der Waals surface area contributed by atoms with E-state index >= 15 is 0 Å². The molecule has 1 N–H and O–H groups in total. The monoisotopic (exact) mass is 474 g/mol. The summed E-state index contributed by atoms with van der Waals surface area (Å²) >= 11 is 6.20. The molecule has 0 spiro atoms. The Kier molecular flexibility index (Phi) is 7.44. The van der Waals surface area contributed by atoms with E-state index in [0.717, 1.165) is 5.56 Å². The van der Waals surface area contributed by atoms with Gasteiger partial charge < -0.3 is 10.1 Å². The first kappa shape index (κ1) is 23.6. The molecule has 168 valence electrons. The number of benzene rings is 2. The van der Waals surface area contributed by atoms with Gasteiger partial charge in [-0.2, -0.15) is 4.31 Å². The van der Waals surface area contributed by atoms with Crippen LogP contribution < -0.4 is 10.1 Å². The Bertz CT molecular complexity index is 1210. The number of hydrogen-bond donors (Lipinski definition) is 1. The Morgan fingerprint density at radius 1 is 1.06 bits per heavy atom. The molecule has 0 aliphatic heterocycles. The zero-order valence-electron chi connectivity index (χ0n) is 17.9. The number of carbonyl (C=O) groups excluding carboxylic acids is 1. The summed E-state index contributed by atoms with van der Waals surface area (Å²) < 4.78 is 32.1. The van der Waals surface area contributed by atoms with E-state index in [4.69, 9.17) is 16.3 Å². The maximum Gasteiger partial charge on any atom is 0.258 e. The van der Waals surface area contributed by atoms with Crippen LogP contribution in [0.2, 0.25) is 5.02 Å². The van der Waals surface area contributed by atoms with E-state index in [9.17, 15) is 13.2 Å². The fourth-order valence-corrected chi connectivity index (χ4v) is 4.77. The van der Waals surface area contributed by atoms with E-state index < -0.39 is 15.9 Å². The number of methoxy groups -OCH3 is 1. The predicted molar refractivity (Wildman–Crippen MR) is 124 cm³/mol. The van der Waals surface area contributed by atoms with Gasteiger partial charge in [0.05, 0.1) is 28.3 Å². The maximum atomic E-state index is 12.9. The average Bonchev–Trinajstić information content (AvgIpc) is 2.80. The van der Waals surface area contributed by atoms with E-state index in [2.05, 4.69) is 15.3 Å². The summed E-state index contributed by atoms with van der Waals surface area (Å²) in [5.74, 6) is 0.389. The highest BCUT2D eigenvalue weighted by Gasteiger charge is 2.24. The third-order valence-corrected chi connectivity index (χ3v) is 7.20. The normalized spacial score (nSPS) is 11.4. The summed E-state index contributed by atoms with van der Waals surface area (Å²) in [6, 6.07) is 13.0. The second-order valence-electron chi connectivity index (χ2n) is 6.70. The van der Waals surface area contributed by atoms with Gasteiger partial charge in [0.1, 0.15) is 17.9 Å². The van der Waals surface area contributed by atoms with Gasteiger partial charge in [-0.1, -0.05) is 25.4 Å². The van der Waals surface area contributed by atoms with Crippen molar-refractivity contribution in [2.24, 2.45) is 0 Å². The van der Waals surface area contributed by atoms with Crippen LogP contribution >= 0.6 is 11.6 Å². The number of nitrogens with zero attached hydrogens (tertiary/aromatic N) is 3. The van der Waals surface area contributed by atoms with Crippen LogP contribution in [0.4, 0.5) is 5.82 Å². The number of anilines is 1. The number of carbonyl (C=O) groups is 1. The minimum absolute atomic E-state index is 0.00244. The molecular weight excluding hydrogens is 452 g/mol. The quantitative estimate of drug-likeness (QED) is 0.527. The van der Waals surface area contributed by atoms with Gasteiger partial charge >= 0.3 is 0 Å². The molecule has 0 fully saturated rings. The van der Waals surface area contributed by atoms with Gasteiger partial charge in [-0.3, -0.25) is 4.79 Å². The fraction of sp³-hybridized carbons (Fsp3) is 0.227. The lowest BCUT2D eigenvalue weighted by Gasteiger charge is -2.19. The lowest BCUT2D eigenvalue weighted by atomic mass is 10.1. The minimum atomic E-state index is -3.74. The standard InChI is InChI=1S/C22H23ClN4O4S/c1-4-27(5-2)32(29,30)17-10-11-19(23)18(12-17)22(28)26-21-13-20(24-14-25-21)15-6-8-16(31-3)9-7-15/h6-14H,4-5H2,1-3H3,(H,24,25,26,28). The molecule has 0 aliphatic rings. The molecule has 0 radical (unpaired) electrons. The molecule has 0 saturated heterocycles. The number of sulfonamides is 1. The number of nitrogens with one attached hydrogen (secondary N) is 1. The van der Waals surface area contributed by atoms with Gasteiger partial charge in [0.15, 0.2) is 0 Å². The molecule has 0 atom stereocenters. The molecule has 1 heterocycles. The molecule has 0 aliphatic carbocycles. The van der Waals surface area contributed by atoms with Crippen LogP contribution in [0, 0.1) is 0 Å². The number of amides is 1. The summed E-state index contributed by atoms with van der Waals surface area (Å²) in [4.78, 5) is 21.2. The topological polar surface area (TPSA) is 101 Å². The van der Waals surface area contributed by atoms with Gasteiger partial charge in [-0.25, -0.2) is 18.4 Å². The Morgan fingerprint density at radius 2 is 1.75 bits per heavy atom. The fourth-order valence-electron chi connectivity index (χ4n) is 3.08. The SMILES string of the molecule is CCN(CC)S(=O)(=O)c1ccc(Cl)c(C(=O)Nc2cc(-c3ccc(OC)cc3)ncn2)c1. The highest BCUT2D eigenvalue weighted by atomic mass is 35.5. The third-order valence-electron chi connectivity index (χ3n) is 4.82. The molecule has 1 aromatic heterocycles. The molecular formula is C22H23ClN4O4S. The van der Waals surface area contributed by atoms with Crippen LogP contribution in [0.15, 0.2) is 59.8 Å². The largest absolute Gasteiger partial charge is 0.497 e. The predicted octanol–water partition coefficient (Wildman–Crippen LogP) is 4.09. The van der Waals surface area contributed by atoms with Gasteiger partial charge in [0.2, 0.25) is 10.0 Å². The Hall–Kier alpha value is -3.01. The molecule has 10 heteroatoms. The maximum absolute atomic E-state index is 12.9. The number of rotatable bonds is 8. The lowest BCUT2D eigenvalue weighted by Crippen LogP contribution is -2.30. The van der Waals surface area contributed by atoms with Crippen molar-refractivity contribution in [3.8, 4) is 17.0 Å². The van der Waals surface area contributed by atoms with Crippen molar-refractivity contribution in [1.82, 2.24) is 14.3 Å². The molecule has 3 rings (SSSR count). The summed E-state index contributed by atoms with van der Waals surface area (Å²) in [5.41, 5.74) is 1.44. The van der Waals surface area contributed by atoms with Crippen LogP contribution in [-0.2, 0) is 10.0 Å². The van der Waals surface area contributed by atoms with Crippen molar-refractivity contribution in [1.29, 1.82) is 0 Å². The number of hydrogen-bond acceptors (Lipinski definition) is 6. The molecule has 32 heavy (non-hydrogen) atoms. The number of ether oxygens (including phenoxy) is 1. The van der Waals surface area contributed by atoms with Gasteiger partial charge in [-0.05, 0) is 42.5 Å². The Labute approximate surface area is 192 Å². The van der Waals surface area contributed by atoms with E-state index in [1.165, 1.54) is 28.8 Å². The molecule has 2 aromatic carbocycles. The average molecular weight is 475 g/mol. The highest BCUT2D eigenvalue weighted by Crippen LogP contribution is 2.25. The van der Waals surface area contributed by atoms with E-state index in [1.54, 1.807) is 39.2 Å². The molecule has 0 bridgehead atoms. The first-order valence-corrected chi connectivity index (χ1v) is 11.7. The second-order valence-corrected chi connectivity index (χ2v) is 9.05. The van der Waals surface area contributed by atoms with Crippen molar-refractivity contribution in [3.63, 3.8) is 0 Å². The van der Waals surface area contributed by atoms with Crippen molar-refractivity contribution >= 4 is 33.3 Å². The van der Waals surface area contributed by atoms with E-state index in [-0.39, 0.29) is 21.3 Å². The minimum Gasteiger partial charge on any atom is -0.497 e. The molecule has 0 unspecified atom stereocenters. The summed E-state index contributed by atoms with van der Waals surface area (Å²) in [6.07, 6.45) is 1.33. The Balaban J connectivity index is 1.87. The van der Waals surface area contributed by atoms with Crippen LogP contribution in [0.3, 0.4) is 0 Å². The second kappa shape index (κ2) is 10.1. The van der Waals surface area contributed by atoms with Crippen LogP contribution in [0.1, 0.15) is 24.2 Å². The van der Waals surface area contributed by atoms with Crippen molar-refractivity contribution in [3.05, 3.63) is 65.4 Å². The Morgan fingerprint density at radius 3 is 2.38 bits per heavy atom. The molecule has 3 aromatic rings. The van der Waals surface area contributed by atoms with Crippen LogP contribution in [-0.4, -0.2) is 48.8 Å². The van der Waals surface area contributed by atoms with Gasteiger partial charge in [-0.15, -0.1) is 0 Å². The van der Waals surface area contributed by atoms with Gasteiger partial charge in [0, 0.05) is 24.7 Å². The highest BCUT2D eigenvalue weighted by molar-refractivity contribution is 7.89. The van der Waals surface area contributed by atoms with Crippen LogP contribution in [0.5, 0.6) is 5.75 Å². The van der Waals surface area contributed by atoms with Crippen molar-refractivity contribution in [2.45, 2.75) is 18.7 Å². The van der Waals surface area contributed by atoms with Gasteiger partial charge in [0.25, 0.3) is 5.91 Å². The smallest absolute Gasteiger partial charge is 0.258 e. The summed E-state index contributed by atoms with van der Waals surface area (Å²) in [6.45, 7) is 4.14. The summed E-state index contributed by atoms with van der Waals surface area (Å²) in [7, 11) is -2.15. The van der Waals surface area contributed by atoms with Crippen molar-refractivity contribution in [2.75, 3.05) is 25.5 Å². The zero-order valence-corrected chi connectivity index (χ0v) is 19.4. The summed E-state index contributed by atoms with van der Waals surface area (Å²) in [5, 5.41) is 2.79. The molecule has 1 amide bonds. The third kappa shape index (κ3) is 5.07. The zero-order chi connectivity index (χ0) is 23.3. The lowest BCUT2D eigenvalue weighted by molar-refractivity contribution is 0.102. The van der Waals surface area contributed by atoms with Crippen molar-refractivity contribution < 1.29 is 17.9 Å². The first-order chi connectivity index (χ1) is 15.3. The molecule has 0 saturated carbocycles. The van der Waals surface area contributed by atoms with Crippen LogP contribution in [0.25, 0.3) is 11.3 Å². The van der Waals surface area contributed by atoms with E-state index in [0.29, 0.717) is 24.5 Å².